The minimum atomic E-state index is 0.284. The monoisotopic (exact) mass is 261 g/mol. The van der Waals surface area contributed by atoms with Gasteiger partial charge in [-0.1, -0.05) is 12.8 Å². The molecule has 104 valence electrons. The van der Waals surface area contributed by atoms with E-state index in [2.05, 4.69) is 4.98 Å². The predicted molar refractivity (Wildman–Crippen MR) is 74.9 cm³/mol. The SMILES string of the molecule is Nc1cc(C2CCCC2)nc(CC2CCCCO2)n1. The molecule has 4 nitrogen and oxygen atoms in total. The number of ether oxygens (including phenoxy) is 1. The number of nitrogen functional groups attached to an aromatic ring is 1. The van der Waals surface area contributed by atoms with E-state index in [0.29, 0.717) is 11.7 Å². The summed E-state index contributed by atoms with van der Waals surface area (Å²) in [5, 5.41) is 0. The molecule has 1 saturated carbocycles. The van der Waals surface area contributed by atoms with E-state index in [1.54, 1.807) is 0 Å². The first-order valence-corrected chi connectivity index (χ1v) is 7.56. The highest BCUT2D eigenvalue weighted by molar-refractivity contribution is 5.31. The van der Waals surface area contributed by atoms with Crippen LogP contribution in [0.5, 0.6) is 0 Å². The summed E-state index contributed by atoms with van der Waals surface area (Å²) in [5.41, 5.74) is 7.09. The fourth-order valence-electron chi connectivity index (χ4n) is 3.23. The molecule has 1 aromatic rings. The Kier molecular flexibility index (Phi) is 3.97. The van der Waals surface area contributed by atoms with Crippen LogP contribution in [0.4, 0.5) is 5.82 Å². The van der Waals surface area contributed by atoms with Crippen molar-refractivity contribution in [2.75, 3.05) is 12.3 Å². The standard InChI is InChI=1S/C15H23N3O/c16-14-10-13(11-5-1-2-6-11)17-15(18-14)9-12-7-3-4-8-19-12/h10-12H,1-9H2,(H2,16,17,18). The molecule has 2 aliphatic rings. The van der Waals surface area contributed by atoms with Crippen molar-refractivity contribution in [3.05, 3.63) is 17.6 Å². The summed E-state index contributed by atoms with van der Waals surface area (Å²) in [5.74, 6) is 2.08. The Labute approximate surface area is 114 Å². The molecule has 0 amide bonds. The molecule has 2 heterocycles. The zero-order chi connectivity index (χ0) is 13.1. The van der Waals surface area contributed by atoms with Crippen molar-refractivity contribution in [3.63, 3.8) is 0 Å². The van der Waals surface area contributed by atoms with Gasteiger partial charge < -0.3 is 10.5 Å². The number of hydrogen-bond donors (Lipinski definition) is 1. The van der Waals surface area contributed by atoms with E-state index < -0.39 is 0 Å². The lowest BCUT2D eigenvalue weighted by atomic mass is 10.0. The Morgan fingerprint density at radius 1 is 1.11 bits per heavy atom. The summed E-state index contributed by atoms with van der Waals surface area (Å²) in [6.45, 7) is 0.877. The Bertz CT molecular complexity index is 423. The maximum Gasteiger partial charge on any atom is 0.133 e. The highest BCUT2D eigenvalue weighted by Crippen LogP contribution is 2.33. The van der Waals surface area contributed by atoms with Gasteiger partial charge in [-0.2, -0.15) is 0 Å². The van der Waals surface area contributed by atoms with Gasteiger partial charge in [-0.15, -0.1) is 0 Å². The van der Waals surface area contributed by atoms with E-state index in [1.165, 1.54) is 38.5 Å². The summed E-state index contributed by atoms with van der Waals surface area (Å²) in [6.07, 6.45) is 9.77. The molecule has 1 unspecified atom stereocenters. The molecule has 1 aliphatic heterocycles. The van der Waals surface area contributed by atoms with Crippen LogP contribution in [0, 0.1) is 0 Å². The van der Waals surface area contributed by atoms with Crippen LogP contribution in [-0.2, 0) is 11.2 Å². The van der Waals surface area contributed by atoms with Gasteiger partial charge in [-0.3, -0.25) is 0 Å². The lowest BCUT2D eigenvalue weighted by Gasteiger charge is -2.22. The third kappa shape index (κ3) is 3.24. The molecule has 1 saturated heterocycles. The van der Waals surface area contributed by atoms with Crippen LogP contribution < -0.4 is 5.73 Å². The normalized spacial score (nSPS) is 24.7. The highest BCUT2D eigenvalue weighted by Gasteiger charge is 2.21. The van der Waals surface area contributed by atoms with Gasteiger partial charge in [0.2, 0.25) is 0 Å². The topological polar surface area (TPSA) is 61.0 Å². The van der Waals surface area contributed by atoms with Crippen LogP contribution in [0.15, 0.2) is 6.07 Å². The van der Waals surface area contributed by atoms with Crippen LogP contribution in [-0.4, -0.2) is 22.7 Å². The van der Waals surface area contributed by atoms with Gasteiger partial charge in [0.1, 0.15) is 11.6 Å². The summed E-state index contributed by atoms with van der Waals surface area (Å²) in [6, 6.07) is 1.96. The predicted octanol–water partition coefficient (Wildman–Crippen LogP) is 2.83. The molecule has 3 rings (SSSR count). The Balaban J connectivity index is 1.73. The summed E-state index contributed by atoms with van der Waals surface area (Å²) < 4.78 is 5.77. The summed E-state index contributed by atoms with van der Waals surface area (Å²) in [7, 11) is 0. The zero-order valence-corrected chi connectivity index (χ0v) is 11.5. The van der Waals surface area contributed by atoms with Crippen LogP contribution in [0.2, 0.25) is 0 Å². The molecule has 0 spiro atoms. The first-order valence-electron chi connectivity index (χ1n) is 7.56. The van der Waals surface area contributed by atoms with E-state index in [4.69, 9.17) is 15.5 Å². The molecule has 4 heteroatoms. The second-order valence-electron chi connectivity index (χ2n) is 5.81. The van der Waals surface area contributed by atoms with E-state index in [9.17, 15) is 0 Å². The van der Waals surface area contributed by atoms with Gasteiger partial charge in [0.25, 0.3) is 0 Å². The molecule has 19 heavy (non-hydrogen) atoms. The van der Waals surface area contributed by atoms with E-state index in [1.807, 2.05) is 6.07 Å². The van der Waals surface area contributed by atoms with Crippen molar-refractivity contribution in [2.45, 2.75) is 63.4 Å². The fourth-order valence-corrected chi connectivity index (χ4v) is 3.23. The summed E-state index contributed by atoms with van der Waals surface area (Å²) >= 11 is 0. The van der Waals surface area contributed by atoms with Gasteiger partial charge in [0.15, 0.2) is 0 Å². The maximum atomic E-state index is 5.94. The van der Waals surface area contributed by atoms with E-state index in [0.717, 1.165) is 31.0 Å². The molecule has 1 aliphatic carbocycles. The van der Waals surface area contributed by atoms with Crippen molar-refractivity contribution in [1.82, 2.24) is 9.97 Å². The number of nitrogens with two attached hydrogens (primary N) is 1. The smallest absolute Gasteiger partial charge is 0.133 e. The number of anilines is 1. The zero-order valence-electron chi connectivity index (χ0n) is 11.5. The fraction of sp³-hybridized carbons (Fsp3) is 0.733. The minimum absolute atomic E-state index is 0.284. The second kappa shape index (κ2) is 5.87. The van der Waals surface area contributed by atoms with E-state index in [-0.39, 0.29) is 6.10 Å². The van der Waals surface area contributed by atoms with Crippen molar-refractivity contribution < 1.29 is 4.74 Å². The second-order valence-corrected chi connectivity index (χ2v) is 5.81. The van der Waals surface area contributed by atoms with Gasteiger partial charge in [-0.25, -0.2) is 9.97 Å². The third-order valence-corrected chi connectivity index (χ3v) is 4.27. The van der Waals surface area contributed by atoms with Gasteiger partial charge in [0, 0.05) is 30.7 Å². The van der Waals surface area contributed by atoms with Gasteiger partial charge >= 0.3 is 0 Å². The van der Waals surface area contributed by atoms with Crippen LogP contribution in [0.25, 0.3) is 0 Å². The molecule has 2 N–H and O–H groups in total. The first-order chi connectivity index (χ1) is 9.31. The van der Waals surface area contributed by atoms with Crippen LogP contribution in [0.3, 0.4) is 0 Å². The largest absolute Gasteiger partial charge is 0.384 e. The average Bonchev–Trinajstić information content (AvgIpc) is 2.93. The molecule has 2 fully saturated rings. The molecule has 1 aromatic heterocycles. The quantitative estimate of drug-likeness (QED) is 0.909. The lowest BCUT2D eigenvalue weighted by Crippen LogP contribution is -2.23. The Morgan fingerprint density at radius 2 is 1.89 bits per heavy atom. The van der Waals surface area contributed by atoms with Gasteiger partial charge in [0.05, 0.1) is 6.10 Å². The number of aromatic nitrogens is 2. The molecular weight excluding hydrogens is 238 g/mol. The Morgan fingerprint density at radius 3 is 2.63 bits per heavy atom. The average molecular weight is 261 g/mol. The minimum Gasteiger partial charge on any atom is -0.384 e. The molecule has 0 aromatic carbocycles. The highest BCUT2D eigenvalue weighted by atomic mass is 16.5. The molecular formula is C15H23N3O. The van der Waals surface area contributed by atoms with Crippen LogP contribution in [0.1, 0.15) is 62.4 Å². The van der Waals surface area contributed by atoms with Crippen molar-refractivity contribution in [2.24, 2.45) is 0 Å². The number of rotatable bonds is 3. The van der Waals surface area contributed by atoms with Crippen molar-refractivity contribution >= 4 is 5.82 Å². The van der Waals surface area contributed by atoms with Crippen molar-refractivity contribution in [3.8, 4) is 0 Å². The molecule has 0 radical (unpaired) electrons. The van der Waals surface area contributed by atoms with Crippen LogP contribution >= 0.6 is 0 Å². The van der Waals surface area contributed by atoms with Crippen molar-refractivity contribution in [1.29, 1.82) is 0 Å². The maximum absolute atomic E-state index is 5.94. The summed E-state index contributed by atoms with van der Waals surface area (Å²) in [4.78, 5) is 9.12. The van der Waals surface area contributed by atoms with Gasteiger partial charge in [-0.05, 0) is 32.1 Å². The number of nitrogens with zero attached hydrogens (tertiary/aromatic N) is 2. The van der Waals surface area contributed by atoms with E-state index >= 15 is 0 Å². The third-order valence-electron chi connectivity index (χ3n) is 4.27. The Hall–Kier alpha value is -1.16. The number of hydrogen-bond acceptors (Lipinski definition) is 4. The molecule has 1 atom stereocenters. The molecule has 0 bridgehead atoms. The first kappa shape index (κ1) is 12.9. The lowest BCUT2D eigenvalue weighted by molar-refractivity contribution is 0.0156.